The van der Waals surface area contributed by atoms with Crippen molar-refractivity contribution in [2.24, 2.45) is 5.92 Å². The van der Waals surface area contributed by atoms with Gasteiger partial charge in [-0.05, 0) is 38.3 Å². The van der Waals surface area contributed by atoms with E-state index < -0.39 is 12.6 Å². The summed E-state index contributed by atoms with van der Waals surface area (Å²) < 4.78 is 36.1. The molecule has 1 aliphatic rings. The second-order valence-corrected chi connectivity index (χ2v) is 4.41. The molecule has 1 fully saturated rings. The molecule has 1 aliphatic heterocycles. The van der Waals surface area contributed by atoms with Crippen molar-refractivity contribution in [2.75, 3.05) is 19.6 Å². The van der Waals surface area contributed by atoms with Gasteiger partial charge in [-0.15, -0.1) is 0 Å². The van der Waals surface area contributed by atoms with Crippen LogP contribution in [0.5, 0.6) is 0 Å². The number of rotatable bonds is 4. The minimum Gasteiger partial charge on any atom is -0.303 e. The quantitative estimate of drug-likeness (QED) is 0.700. The Hall–Kier alpha value is -0.580. The summed E-state index contributed by atoms with van der Waals surface area (Å²) in [5.41, 5.74) is 0. The number of halogens is 3. The molecule has 1 atom stereocenters. The Labute approximate surface area is 93.8 Å². The molecule has 0 spiro atoms. The molecule has 0 saturated carbocycles. The number of likely N-dealkylation sites (tertiary alicyclic amines) is 1. The van der Waals surface area contributed by atoms with Crippen molar-refractivity contribution < 1.29 is 18.0 Å². The lowest BCUT2D eigenvalue weighted by Gasteiger charge is -2.20. The van der Waals surface area contributed by atoms with E-state index in [4.69, 9.17) is 0 Å². The summed E-state index contributed by atoms with van der Waals surface area (Å²) in [7, 11) is 0. The summed E-state index contributed by atoms with van der Waals surface area (Å²) in [6, 6.07) is 0. The molecule has 0 aromatic rings. The van der Waals surface area contributed by atoms with E-state index in [0.29, 0.717) is 18.9 Å². The average molecular weight is 237 g/mol. The molecule has 16 heavy (non-hydrogen) atoms. The standard InChI is InChI=1S/C11H18F3NO/c12-11(13,14)5-8-15-6-1-2-10(3-7-15)4-9-16/h9-10H,1-8H2. The van der Waals surface area contributed by atoms with Gasteiger partial charge in [0.1, 0.15) is 6.29 Å². The van der Waals surface area contributed by atoms with Crippen molar-refractivity contribution in [1.82, 2.24) is 4.90 Å². The molecule has 0 aliphatic carbocycles. The molecule has 94 valence electrons. The number of alkyl halides is 3. The van der Waals surface area contributed by atoms with Crippen LogP contribution in [0.2, 0.25) is 0 Å². The predicted octanol–water partition coefficient (Wildman–Crippen LogP) is 2.63. The molecular weight excluding hydrogens is 219 g/mol. The normalized spacial score (nSPS) is 24.1. The monoisotopic (exact) mass is 237 g/mol. The van der Waals surface area contributed by atoms with Crippen molar-refractivity contribution in [2.45, 2.75) is 38.3 Å². The Kier molecular flexibility index (Phi) is 5.25. The summed E-state index contributed by atoms with van der Waals surface area (Å²) in [5, 5.41) is 0. The van der Waals surface area contributed by atoms with Gasteiger partial charge in [-0.3, -0.25) is 0 Å². The molecule has 1 rings (SSSR count). The summed E-state index contributed by atoms with van der Waals surface area (Å²) in [4.78, 5) is 12.2. The summed E-state index contributed by atoms with van der Waals surface area (Å²) in [5.74, 6) is 0.369. The van der Waals surface area contributed by atoms with Crippen LogP contribution in [0, 0.1) is 5.92 Å². The molecule has 1 saturated heterocycles. The van der Waals surface area contributed by atoms with Gasteiger partial charge in [0.05, 0.1) is 6.42 Å². The molecule has 1 heterocycles. The lowest BCUT2D eigenvalue weighted by atomic mass is 9.98. The van der Waals surface area contributed by atoms with E-state index in [9.17, 15) is 18.0 Å². The summed E-state index contributed by atoms with van der Waals surface area (Å²) in [6.07, 6.45) is -0.628. The van der Waals surface area contributed by atoms with Crippen LogP contribution < -0.4 is 0 Å². The third-order valence-corrected chi connectivity index (χ3v) is 3.08. The fraction of sp³-hybridized carbons (Fsp3) is 0.909. The first-order valence-corrected chi connectivity index (χ1v) is 5.74. The van der Waals surface area contributed by atoms with Crippen LogP contribution >= 0.6 is 0 Å². The highest BCUT2D eigenvalue weighted by Gasteiger charge is 2.28. The van der Waals surface area contributed by atoms with Crippen LogP contribution in [-0.4, -0.2) is 37.0 Å². The second kappa shape index (κ2) is 6.23. The maximum Gasteiger partial charge on any atom is 0.390 e. The first-order chi connectivity index (χ1) is 7.51. The van der Waals surface area contributed by atoms with Crippen molar-refractivity contribution in [3.05, 3.63) is 0 Å². The number of hydrogen-bond donors (Lipinski definition) is 0. The van der Waals surface area contributed by atoms with Gasteiger partial charge in [-0.1, -0.05) is 0 Å². The first-order valence-electron chi connectivity index (χ1n) is 5.74. The Bertz CT molecular complexity index is 218. The maximum absolute atomic E-state index is 12.0. The van der Waals surface area contributed by atoms with Crippen LogP contribution in [0.15, 0.2) is 0 Å². The predicted molar refractivity (Wildman–Crippen MR) is 55.1 cm³/mol. The van der Waals surface area contributed by atoms with E-state index in [1.807, 2.05) is 4.90 Å². The first kappa shape index (κ1) is 13.5. The highest BCUT2D eigenvalue weighted by atomic mass is 19.4. The van der Waals surface area contributed by atoms with Gasteiger partial charge in [0.15, 0.2) is 0 Å². The van der Waals surface area contributed by atoms with Crippen LogP contribution in [-0.2, 0) is 4.79 Å². The van der Waals surface area contributed by atoms with Gasteiger partial charge in [0, 0.05) is 13.0 Å². The zero-order valence-electron chi connectivity index (χ0n) is 9.30. The van der Waals surface area contributed by atoms with Crippen molar-refractivity contribution >= 4 is 6.29 Å². The fourth-order valence-corrected chi connectivity index (χ4v) is 2.11. The van der Waals surface area contributed by atoms with E-state index in [-0.39, 0.29) is 6.54 Å². The smallest absolute Gasteiger partial charge is 0.303 e. The van der Waals surface area contributed by atoms with Crippen LogP contribution in [0.3, 0.4) is 0 Å². The van der Waals surface area contributed by atoms with Gasteiger partial charge in [-0.25, -0.2) is 0 Å². The van der Waals surface area contributed by atoms with E-state index in [1.165, 1.54) is 0 Å². The lowest BCUT2D eigenvalue weighted by molar-refractivity contribution is -0.137. The molecule has 0 amide bonds. The van der Waals surface area contributed by atoms with E-state index in [0.717, 1.165) is 32.1 Å². The van der Waals surface area contributed by atoms with E-state index in [2.05, 4.69) is 0 Å². The van der Waals surface area contributed by atoms with E-state index >= 15 is 0 Å². The molecule has 0 aromatic carbocycles. The summed E-state index contributed by atoms with van der Waals surface area (Å²) >= 11 is 0. The highest BCUT2D eigenvalue weighted by molar-refractivity contribution is 5.49. The molecule has 0 bridgehead atoms. The number of nitrogens with zero attached hydrogens (tertiary/aromatic N) is 1. The maximum atomic E-state index is 12.0. The SMILES string of the molecule is O=CCC1CCCN(CCC(F)(F)F)CC1. The Morgan fingerprint density at radius 2 is 2.00 bits per heavy atom. The minimum absolute atomic E-state index is 0.0946. The Morgan fingerprint density at radius 1 is 1.25 bits per heavy atom. The van der Waals surface area contributed by atoms with Crippen LogP contribution in [0.4, 0.5) is 13.2 Å². The van der Waals surface area contributed by atoms with Crippen molar-refractivity contribution in [1.29, 1.82) is 0 Å². The molecule has 0 N–H and O–H groups in total. The number of carbonyl (C=O) groups excluding carboxylic acids is 1. The molecular formula is C11H18F3NO. The van der Waals surface area contributed by atoms with Gasteiger partial charge in [0.2, 0.25) is 0 Å². The van der Waals surface area contributed by atoms with Crippen molar-refractivity contribution in [3.63, 3.8) is 0 Å². The van der Waals surface area contributed by atoms with E-state index in [1.54, 1.807) is 0 Å². The number of aldehydes is 1. The average Bonchev–Trinajstić information content (AvgIpc) is 2.40. The van der Waals surface area contributed by atoms with Gasteiger partial charge in [-0.2, -0.15) is 13.2 Å². The van der Waals surface area contributed by atoms with Crippen LogP contribution in [0.25, 0.3) is 0 Å². The molecule has 0 aromatic heterocycles. The zero-order valence-corrected chi connectivity index (χ0v) is 9.30. The largest absolute Gasteiger partial charge is 0.390 e. The summed E-state index contributed by atoms with van der Waals surface area (Å²) in [6.45, 7) is 1.51. The van der Waals surface area contributed by atoms with Gasteiger partial charge in [0.25, 0.3) is 0 Å². The third-order valence-electron chi connectivity index (χ3n) is 3.08. The molecule has 2 nitrogen and oxygen atoms in total. The topological polar surface area (TPSA) is 20.3 Å². The second-order valence-electron chi connectivity index (χ2n) is 4.41. The highest BCUT2D eigenvalue weighted by Crippen LogP contribution is 2.23. The molecule has 1 unspecified atom stereocenters. The third kappa shape index (κ3) is 5.49. The van der Waals surface area contributed by atoms with Crippen molar-refractivity contribution in [3.8, 4) is 0 Å². The Morgan fingerprint density at radius 3 is 2.62 bits per heavy atom. The molecule has 5 heteroatoms. The van der Waals surface area contributed by atoms with Gasteiger partial charge < -0.3 is 9.69 Å². The molecule has 0 radical (unpaired) electrons. The number of hydrogen-bond acceptors (Lipinski definition) is 2. The lowest BCUT2D eigenvalue weighted by Crippen LogP contribution is -2.29. The Balaban J connectivity index is 2.27. The van der Waals surface area contributed by atoms with Gasteiger partial charge >= 0.3 is 6.18 Å². The fourth-order valence-electron chi connectivity index (χ4n) is 2.11. The van der Waals surface area contributed by atoms with Crippen LogP contribution in [0.1, 0.15) is 32.1 Å². The minimum atomic E-state index is -4.06. The number of carbonyl (C=O) groups is 1. The zero-order chi connectivity index (χ0) is 12.0.